The number of thiazole rings is 1. The molecular weight excluding hydrogens is 380 g/mol. The normalized spacial score (nSPS) is 12.5. The molecule has 2 aromatic heterocycles. The van der Waals surface area contributed by atoms with Gasteiger partial charge in [-0.2, -0.15) is 0 Å². The molecule has 0 radical (unpaired) electrons. The summed E-state index contributed by atoms with van der Waals surface area (Å²) in [7, 11) is 0. The number of aromatic nitrogens is 2. The molecule has 2 amide bonds. The molecule has 0 saturated heterocycles. The number of nitrogens with zero attached hydrogens (tertiary/aromatic N) is 2. The minimum Gasteiger partial charge on any atom is -0.482 e. The standard InChI is InChI=1S/C19H16N4O4S/c1-2-26-18-12(4-3-7-20-18)17(25)23-19-22-14(10-28-19)11-5-6-15-13(8-11)21-16(24)9-27-15/h3-8,10H,2,9H2,1H3,(H,21,24)(H,22,23,25). The molecule has 0 bridgehead atoms. The number of fused-ring (bicyclic) bond motifs is 1. The first kappa shape index (κ1) is 17.9. The molecule has 0 fully saturated rings. The Hall–Kier alpha value is -3.46. The fourth-order valence-electron chi connectivity index (χ4n) is 2.69. The number of benzene rings is 1. The second kappa shape index (κ2) is 7.65. The van der Waals surface area contributed by atoms with Crippen LogP contribution in [0.25, 0.3) is 11.3 Å². The van der Waals surface area contributed by atoms with Crippen LogP contribution in [0, 0.1) is 0 Å². The molecule has 1 aliphatic rings. The van der Waals surface area contributed by atoms with Crippen molar-refractivity contribution in [3.63, 3.8) is 0 Å². The number of hydrogen-bond acceptors (Lipinski definition) is 7. The molecule has 0 aliphatic carbocycles. The van der Waals surface area contributed by atoms with E-state index in [9.17, 15) is 9.59 Å². The van der Waals surface area contributed by atoms with Gasteiger partial charge in [-0.1, -0.05) is 0 Å². The molecule has 9 heteroatoms. The Balaban J connectivity index is 1.53. The number of ether oxygens (including phenoxy) is 2. The Morgan fingerprint density at radius 1 is 1.39 bits per heavy atom. The van der Waals surface area contributed by atoms with Crippen LogP contribution in [-0.4, -0.2) is 35.0 Å². The van der Waals surface area contributed by atoms with Crippen molar-refractivity contribution in [2.24, 2.45) is 0 Å². The summed E-state index contributed by atoms with van der Waals surface area (Å²) in [5.41, 5.74) is 2.43. The third-order valence-corrected chi connectivity index (χ3v) is 4.69. The predicted molar refractivity (Wildman–Crippen MR) is 105 cm³/mol. The van der Waals surface area contributed by atoms with Gasteiger partial charge in [0.05, 0.1) is 18.0 Å². The zero-order chi connectivity index (χ0) is 19.5. The number of amides is 2. The van der Waals surface area contributed by atoms with Crippen LogP contribution < -0.4 is 20.1 Å². The molecule has 0 atom stereocenters. The third kappa shape index (κ3) is 3.65. The SMILES string of the molecule is CCOc1ncccc1C(=O)Nc1nc(-c2ccc3c(c2)NC(=O)CO3)cs1. The molecule has 28 heavy (non-hydrogen) atoms. The van der Waals surface area contributed by atoms with E-state index in [1.807, 2.05) is 18.4 Å². The lowest BCUT2D eigenvalue weighted by Gasteiger charge is -2.18. The Kier molecular flexibility index (Phi) is 4.90. The highest BCUT2D eigenvalue weighted by Crippen LogP contribution is 2.34. The van der Waals surface area contributed by atoms with Crippen molar-refractivity contribution in [3.8, 4) is 22.9 Å². The quantitative estimate of drug-likeness (QED) is 0.687. The van der Waals surface area contributed by atoms with Crippen molar-refractivity contribution in [1.29, 1.82) is 0 Å². The minimum atomic E-state index is -0.344. The molecule has 0 saturated carbocycles. The van der Waals surface area contributed by atoms with Gasteiger partial charge in [-0.15, -0.1) is 11.3 Å². The molecule has 2 N–H and O–H groups in total. The van der Waals surface area contributed by atoms with E-state index in [0.29, 0.717) is 34.4 Å². The van der Waals surface area contributed by atoms with Crippen LogP contribution in [0.3, 0.4) is 0 Å². The van der Waals surface area contributed by atoms with E-state index in [-0.39, 0.29) is 24.3 Å². The van der Waals surface area contributed by atoms with Gasteiger partial charge in [0, 0.05) is 17.1 Å². The molecule has 1 aliphatic heterocycles. The smallest absolute Gasteiger partial charge is 0.262 e. The van der Waals surface area contributed by atoms with Crippen molar-refractivity contribution in [2.45, 2.75) is 6.92 Å². The molecular formula is C19H16N4O4S. The molecule has 8 nitrogen and oxygen atoms in total. The van der Waals surface area contributed by atoms with Gasteiger partial charge in [0.25, 0.3) is 11.8 Å². The highest BCUT2D eigenvalue weighted by atomic mass is 32.1. The largest absolute Gasteiger partial charge is 0.482 e. The Labute approximate surface area is 164 Å². The highest BCUT2D eigenvalue weighted by Gasteiger charge is 2.18. The molecule has 0 unspecified atom stereocenters. The number of nitrogens with one attached hydrogen (secondary N) is 2. The molecule has 142 valence electrons. The summed E-state index contributed by atoms with van der Waals surface area (Å²) < 4.78 is 10.8. The maximum Gasteiger partial charge on any atom is 0.262 e. The summed E-state index contributed by atoms with van der Waals surface area (Å²) in [6, 6.07) is 8.75. The summed E-state index contributed by atoms with van der Waals surface area (Å²) in [4.78, 5) is 32.6. The van der Waals surface area contributed by atoms with E-state index in [0.717, 1.165) is 5.56 Å². The fraction of sp³-hybridized carbons (Fsp3) is 0.158. The van der Waals surface area contributed by atoms with Crippen LogP contribution in [0.5, 0.6) is 11.6 Å². The molecule has 4 rings (SSSR count). The number of hydrogen-bond donors (Lipinski definition) is 2. The Morgan fingerprint density at radius 3 is 3.14 bits per heavy atom. The first-order valence-corrected chi connectivity index (χ1v) is 9.44. The van der Waals surface area contributed by atoms with Crippen LogP contribution >= 0.6 is 11.3 Å². The first-order chi connectivity index (χ1) is 13.6. The molecule has 0 spiro atoms. The first-order valence-electron chi connectivity index (χ1n) is 8.56. The lowest BCUT2D eigenvalue weighted by Crippen LogP contribution is -2.25. The average Bonchev–Trinajstić information content (AvgIpc) is 3.16. The van der Waals surface area contributed by atoms with Gasteiger partial charge in [-0.05, 0) is 37.3 Å². The fourth-order valence-corrected chi connectivity index (χ4v) is 3.40. The van der Waals surface area contributed by atoms with Crippen LogP contribution in [0.2, 0.25) is 0 Å². The second-order valence-electron chi connectivity index (χ2n) is 5.83. The molecule has 3 aromatic rings. The number of carbonyl (C=O) groups excluding carboxylic acids is 2. The average molecular weight is 396 g/mol. The van der Waals surface area contributed by atoms with E-state index in [2.05, 4.69) is 20.6 Å². The van der Waals surface area contributed by atoms with Crippen LogP contribution in [0.1, 0.15) is 17.3 Å². The number of pyridine rings is 1. The predicted octanol–water partition coefficient (Wildman–Crippen LogP) is 3.19. The van der Waals surface area contributed by atoms with Crippen molar-refractivity contribution in [3.05, 3.63) is 47.5 Å². The van der Waals surface area contributed by atoms with E-state index >= 15 is 0 Å². The maximum absolute atomic E-state index is 12.6. The van der Waals surface area contributed by atoms with E-state index in [1.165, 1.54) is 11.3 Å². The minimum absolute atomic E-state index is 0.0112. The lowest BCUT2D eigenvalue weighted by atomic mass is 10.1. The summed E-state index contributed by atoms with van der Waals surface area (Å²) >= 11 is 1.30. The zero-order valence-electron chi connectivity index (χ0n) is 14.9. The monoisotopic (exact) mass is 396 g/mol. The van der Waals surface area contributed by atoms with Crippen molar-refractivity contribution in [2.75, 3.05) is 23.8 Å². The van der Waals surface area contributed by atoms with Crippen LogP contribution in [-0.2, 0) is 4.79 Å². The van der Waals surface area contributed by atoms with Crippen LogP contribution in [0.4, 0.5) is 10.8 Å². The highest BCUT2D eigenvalue weighted by molar-refractivity contribution is 7.14. The summed E-state index contributed by atoms with van der Waals surface area (Å²) in [5.74, 6) is 0.359. The zero-order valence-corrected chi connectivity index (χ0v) is 15.7. The summed E-state index contributed by atoms with van der Waals surface area (Å²) in [6.07, 6.45) is 1.57. The van der Waals surface area contributed by atoms with Crippen molar-refractivity contribution in [1.82, 2.24) is 9.97 Å². The number of anilines is 2. The lowest BCUT2D eigenvalue weighted by molar-refractivity contribution is -0.118. The van der Waals surface area contributed by atoms with Gasteiger partial charge in [0.1, 0.15) is 11.3 Å². The van der Waals surface area contributed by atoms with Gasteiger partial charge >= 0.3 is 0 Å². The van der Waals surface area contributed by atoms with Gasteiger partial charge < -0.3 is 14.8 Å². The maximum atomic E-state index is 12.6. The van der Waals surface area contributed by atoms with Gasteiger partial charge in [-0.3, -0.25) is 14.9 Å². The number of rotatable bonds is 5. The van der Waals surface area contributed by atoms with E-state index < -0.39 is 0 Å². The summed E-state index contributed by atoms with van der Waals surface area (Å²) in [5, 5.41) is 7.82. The second-order valence-corrected chi connectivity index (χ2v) is 6.69. The van der Waals surface area contributed by atoms with Crippen molar-refractivity contribution < 1.29 is 19.1 Å². The Bertz CT molecular complexity index is 1050. The van der Waals surface area contributed by atoms with E-state index in [4.69, 9.17) is 9.47 Å². The molecule has 1 aromatic carbocycles. The van der Waals surface area contributed by atoms with Crippen molar-refractivity contribution >= 4 is 34.0 Å². The number of carbonyl (C=O) groups is 2. The summed E-state index contributed by atoms with van der Waals surface area (Å²) in [6.45, 7) is 2.25. The Morgan fingerprint density at radius 2 is 2.29 bits per heavy atom. The molecule has 3 heterocycles. The van der Waals surface area contributed by atoms with Gasteiger partial charge in [0.2, 0.25) is 5.88 Å². The topological polar surface area (TPSA) is 102 Å². The van der Waals surface area contributed by atoms with Gasteiger partial charge in [-0.25, -0.2) is 9.97 Å². The van der Waals surface area contributed by atoms with Crippen LogP contribution in [0.15, 0.2) is 41.9 Å². The third-order valence-electron chi connectivity index (χ3n) is 3.93. The van der Waals surface area contributed by atoms with E-state index in [1.54, 1.807) is 30.5 Å². The van der Waals surface area contributed by atoms with Gasteiger partial charge in [0.15, 0.2) is 11.7 Å².